The Hall–Kier alpha value is -1.70. The van der Waals surface area contributed by atoms with Crippen LogP contribution in [0.4, 0.5) is 4.39 Å². The van der Waals surface area contributed by atoms with Gasteiger partial charge >= 0.3 is 0 Å². The Bertz CT molecular complexity index is 649. The van der Waals surface area contributed by atoms with Crippen molar-refractivity contribution in [2.45, 2.75) is 19.5 Å². The van der Waals surface area contributed by atoms with E-state index in [1.54, 1.807) is 0 Å². The Balaban J connectivity index is 2.09. The van der Waals surface area contributed by atoms with Crippen molar-refractivity contribution < 1.29 is 4.39 Å². The van der Waals surface area contributed by atoms with Crippen LogP contribution < -0.4 is 5.32 Å². The van der Waals surface area contributed by atoms with Crippen LogP contribution in [0.25, 0.3) is 0 Å². The van der Waals surface area contributed by atoms with Gasteiger partial charge in [-0.3, -0.25) is 0 Å². The van der Waals surface area contributed by atoms with Gasteiger partial charge in [-0.15, -0.1) is 0 Å². The minimum Gasteiger partial charge on any atom is -0.306 e. The maximum absolute atomic E-state index is 13.2. The third-order valence-corrected chi connectivity index (χ3v) is 3.63. The number of nitriles is 1. The molecule has 20 heavy (non-hydrogen) atoms. The highest BCUT2D eigenvalue weighted by molar-refractivity contribution is 9.10. The number of hydrogen-bond acceptors (Lipinski definition) is 2. The molecule has 1 N–H and O–H groups in total. The molecule has 0 fully saturated rings. The van der Waals surface area contributed by atoms with E-state index in [9.17, 15) is 4.39 Å². The van der Waals surface area contributed by atoms with Gasteiger partial charge in [-0.05, 0) is 48.4 Å². The van der Waals surface area contributed by atoms with E-state index in [4.69, 9.17) is 5.26 Å². The molecule has 2 aromatic rings. The molecule has 0 aromatic heterocycles. The zero-order valence-electron chi connectivity index (χ0n) is 11.0. The third kappa shape index (κ3) is 3.66. The van der Waals surface area contributed by atoms with Gasteiger partial charge in [-0.1, -0.05) is 28.1 Å². The molecule has 0 amide bonds. The summed E-state index contributed by atoms with van der Waals surface area (Å²) in [6.07, 6.45) is 0. The standard InChI is InChI=1S/C16H14BrFN2/c1-11(12-3-2-4-15(17)7-12)20-10-14-8-16(18)6-5-13(14)9-19/h2-8,11,20H,10H2,1H3/t11-/m1/s1. The van der Waals surface area contributed by atoms with Gasteiger partial charge in [-0.25, -0.2) is 4.39 Å². The van der Waals surface area contributed by atoms with Gasteiger partial charge in [0.1, 0.15) is 5.82 Å². The van der Waals surface area contributed by atoms with Crippen molar-refractivity contribution in [1.82, 2.24) is 5.32 Å². The molecule has 0 saturated carbocycles. The molecule has 2 nitrogen and oxygen atoms in total. The first-order valence-corrected chi connectivity index (χ1v) is 7.07. The fraction of sp³-hybridized carbons (Fsp3) is 0.188. The molecule has 0 heterocycles. The smallest absolute Gasteiger partial charge is 0.123 e. The SMILES string of the molecule is C[C@@H](NCc1cc(F)ccc1C#N)c1cccc(Br)c1. The molecule has 0 bridgehead atoms. The van der Waals surface area contributed by atoms with Gasteiger partial charge in [-0.2, -0.15) is 5.26 Å². The molecule has 0 unspecified atom stereocenters. The summed E-state index contributed by atoms with van der Waals surface area (Å²) in [6.45, 7) is 2.49. The Morgan fingerprint density at radius 1 is 1.30 bits per heavy atom. The summed E-state index contributed by atoms with van der Waals surface area (Å²) < 4.78 is 14.3. The Morgan fingerprint density at radius 2 is 2.10 bits per heavy atom. The van der Waals surface area contributed by atoms with E-state index in [1.165, 1.54) is 18.2 Å². The Morgan fingerprint density at radius 3 is 2.80 bits per heavy atom. The number of nitrogens with one attached hydrogen (secondary N) is 1. The quantitative estimate of drug-likeness (QED) is 0.905. The maximum Gasteiger partial charge on any atom is 0.123 e. The van der Waals surface area contributed by atoms with Crippen LogP contribution in [-0.4, -0.2) is 0 Å². The van der Waals surface area contributed by atoms with Crippen LogP contribution in [0.1, 0.15) is 29.7 Å². The normalized spacial score (nSPS) is 11.9. The highest BCUT2D eigenvalue weighted by Crippen LogP contribution is 2.19. The van der Waals surface area contributed by atoms with Crippen LogP contribution >= 0.6 is 15.9 Å². The second-order valence-electron chi connectivity index (χ2n) is 4.57. The van der Waals surface area contributed by atoms with Crippen molar-refractivity contribution in [1.29, 1.82) is 5.26 Å². The van der Waals surface area contributed by atoms with Crippen LogP contribution in [0.5, 0.6) is 0 Å². The summed E-state index contributed by atoms with van der Waals surface area (Å²) in [6, 6.07) is 14.4. The monoisotopic (exact) mass is 332 g/mol. The van der Waals surface area contributed by atoms with Crippen molar-refractivity contribution in [3.8, 4) is 6.07 Å². The second-order valence-corrected chi connectivity index (χ2v) is 5.49. The van der Waals surface area contributed by atoms with Crippen molar-refractivity contribution >= 4 is 15.9 Å². The molecular weight excluding hydrogens is 319 g/mol. The van der Waals surface area contributed by atoms with Crippen LogP contribution in [0.3, 0.4) is 0 Å². The number of hydrogen-bond donors (Lipinski definition) is 1. The van der Waals surface area contributed by atoms with Crippen LogP contribution in [0.2, 0.25) is 0 Å². The lowest BCUT2D eigenvalue weighted by Gasteiger charge is -2.15. The highest BCUT2D eigenvalue weighted by Gasteiger charge is 2.08. The summed E-state index contributed by atoms with van der Waals surface area (Å²) in [7, 11) is 0. The zero-order valence-corrected chi connectivity index (χ0v) is 12.6. The third-order valence-electron chi connectivity index (χ3n) is 3.14. The molecule has 0 aliphatic heterocycles. The van der Waals surface area contributed by atoms with E-state index in [1.807, 2.05) is 31.2 Å². The zero-order chi connectivity index (χ0) is 14.5. The molecule has 0 aliphatic rings. The summed E-state index contributed by atoms with van der Waals surface area (Å²) in [4.78, 5) is 0. The van der Waals surface area contributed by atoms with Gasteiger partial charge in [0, 0.05) is 17.1 Å². The molecule has 0 radical (unpaired) electrons. The Labute approximate surface area is 126 Å². The van der Waals surface area contributed by atoms with Crippen LogP contribution in [-0.2, 0) is 6.54 Å². The van der Waals surface area contributed by atoms with Gasteiger partial charge in [0.15, 0.2) is 0 Å². The highest BCUT2D eigenvalue weighted by atomic mass is 79.9. The molecule has 0 saturated heterocycles. The van der Waals surface area contributed by atoms with Crippen LogP contribution in [0, 0.1) is 17.1 Å². The van der Waals surface area contributed by atoms with Gasteiger partial charge in [0.2, 0.25) is 0 Å². The minimum absolute atomic E-state index is 0.113. The van der Waals surface area contributed by atoms with E-state index in [2.05, 4.69) is 27.3 Å². The number of nitrogens with zero attached hydrogens (tertiary/aromatic N) is 1. The fourth-order valence-corrected chi connectivity index (χ4v) is 2.39. The van der Waals surface area contributed by atoms with E-state index in [0.29, 0.717) is 17.7 Å². The average Bonchev–Trinajstić information content (AvgIpc) is 2.45. The lowest BCUT2D eigenvalue weighted by molar-refractivity contribution is 0.568. The molecular formula is C16H14BrFN2. The molecule has 4 heteroatoms. The summed E-state index contributed by atoms with van der Waals surface area (Å²) in [5.74, 6) is -0.323. The summed E-state index contributed by atoms with van der Waals surface area (Å²) in [5.41, 5.74) is 2.31. The van der Waals surface area contributed by atoms with E-state index >= 15 is 0 Å². The molecule has 2 rings (SSSR count). The Kier molecular flexibility index (Phi) is 4.89. The van der Waals surface area contributed by atoms with E-state index in [-0.39, 0.29) is 11.9 Å². The number of halogens is 2. The second kappa shape index (κ2) is 6.65. The first-order valence-electron chi connectivity index (χ1n) is 6.27. The van der Waals surface area contributed by atoms with Gasteiger partial charge < -0.3 is 5.32 Å². The number of rotatable bonds is 4. The van der Waals surface area contributed by atoms with E-state index in [0.717, 1.165) is 10.0 Å². The maximum atomic E-state index is 13.2. The lowest BCUT2D eigenvalue weighted by atomic mass is 10.1. The topological polar surface area (TPSA) is 35.8 Å². The predicted octanol–water partition coefficient (Wildman–Crippen LogP) is 4.31. The fourth-order valence-electron chi connectivity index (χ4n) is 1.97. The summed E-state index contributed by atoms with van der Waals surface area (Å²) in [5, 5.41) is 12.3. The van der Waals surface area contributed by atoms with Crippen molar-refractivity contribution in [2.24, 2.45) is 0 Å². The van der Waals surface area contributed by atoms with Crippen LogP contribution in [0.15, 0.2) is 46.9 Å². The first kappa shape index (κ1) is 14.7. The van der Waals surface area contributed by atoms with E-state index < -0.39 is 0 Å². The predicted molar refractivity (Wildman–Crippen MR) is 80.5 cm³/mol. The minimum atomic E-state index is -0.323. The van der Waals surface area contributed by atoms with Crippen molar-refractivity contribution in [3.05, 3.63) is 69.4 Å². The molecule has 102 valence electrons. The van der Waals surface area contributed by atoms with Gasteiger partial charge in [0.25, 0.3) is 0 Å². The van der Waals surface area contributed by atoms with Crippen molar-refractivity contribution in [2.75, 3.05) is 0 Å². The molecule has 0 spiro atoms. The van der Waals surface area contributed by atoms with Gasteiger partial charge in [0.05, 0.1) is 11.6 Å². The largest absolute Gasteiger partial charge is 0.306 e. The average molecular weight is 333 g/mol. The summed E-state index contributed by atoms with van der Waals surface area (Å²) >= 11 is 3.44. The molecule has 2 aromatic carbocycles. The van der Waals surface area contributed by atoms with Crippen molar-refractivity contribution in [3.63, 3.8) is 0 Å². The lowest BCUT2D eigenvalue weighted by Crippen LogP contribution is -2.18. The number of benzene rings is 2. The first-order chi connectivity index (χ1) is 9.60. The molecule has 0 aliphatic carbocycles. The molecule has 1 atom stereocenters.